The summed E-state index contributed by atoms with van der Waals surface area (Å²) in [6.07, 6.45) is 16.2. The van der Waals surface area contributed by atoms with Gasteiger partial charge in [0.05, 0.1) is 25.4 Å². The van der Waals surface area contributed by atoms with E-state index in [1.54, 1.807) is 0 Å². The highest BCUT2D eigenvalue weighted by Crippen LogP contribution is 2.53. The molecule has 0 radical (unpaired) electrons. The molecule has 0 aromatic rings. The molecule has 1 aliphatic heterocycles. The zero-order valence-corrected chi connectivity index (χ0v) is 23.8. The average molecular weight is 537 g/mol. The van der Waals surface area contributed by atoms with Gasteiger partial charge in [0.15, 0.2) is 0 Å². The molecule has 0 aromatic carbocycles. The number of aliphatic hydroxyl groups excluding tert-OH is 1. The van der Waals surface area contributed by atoms with E-state index in [0.29, 0.717) is 12.8 Å². The molecule has 4 N–H and O–H groups in total. The van der Waals surface area contributed by atoms with Crippen LogP contribution in [0.2, 0.25) is 0 Å². The lowest BCUT2D eigenvalue weighted by Crippen LogP contribution is -2.34. The Hall–Kier alpha value is -0.0851. The van der Waals surface area contributed by atoms with Crippen LogP contribution in [0.4, 0.5) is 0 Å². The van der Waals surface area contributed by atoms with E-state index in [1.807, 2.05) is 7.85 Å². The van der Waals surface area contributed by atoms with E-state index < -0.39 is 12.9 Å². The van der Waals surface area contributed by atoms with Crippen molar-refractivity contribution in [3.8, 4) is 0 Å². The Balaban J connectivity index is 1.95. The van der Waals surface area contributed by atoms with Crippen LogP contribution in [0.3, 0.4) is 0 Å². The largest absolute Gasteiger partial charge is 0.389 e. The van der Waals surface area contributed by atoms with Gasteiger partial charge in [0.1, 0.15) is 7.85 Å². The molecular formula is C24H50BN2O6PS. The molecule has 0 aliphatic carbocycles. The summed E-state index contributed by atoms with van der Waals surface area (Å²) < 4.78 is 28.2. The number of hydrogen-bond acceptors (Lipinski definition) is 7. The highest BCUT2D eigenvalue weighted by molar-refractivity contribution is 8.44. The van der Waals surface area contributed by atoms with Crippen LogP contribution in [-0.4, -0.2) is 62.9 Å². The number of nitrogens with one attached hydrogen (secondary N) is 1. The van der Waals surface area contributed by atoms with Crippen molar-refractivity contribution in [2.24, 2.45) is 5.73 Å². The predicted octanol–water partition coefficient (Wildman–Crippen LogP) is 4.09. The van der Waals surface area contributed by atoms with E-state index in [9.17, 15) is 14.5 Å². The molecule has 0 saturated carbocycles. The molecule has 5 atom stereocenters. The summed E-state index contributed by atoms with van der Waals surface area (Å²) in [5.41, 5.74) is 5.94. The van der Waals surface area contributed by atoms with Gasteiger partial charge in [0.25, 0.3) is 0 Å². The minimum absolute atomic E-state index is 0.0121. The van der Waals surface area contributed by atoms with E-state index in [2.05, 4.69) is 24.5 Å². The molecule has 3 unspecified atom stereocenters. The first kappa shape index (κ1) is 32.9. The van der Waals surface area contributed by atoms with Gasteiger partial charge in [-0.15, -0.1) is 0 Å². The van der Waals surface area contributed by atoms with Crippen LogP contribution in [-0.2, 0) is 23.1 Å². The Kier molecular flexibility index (Phi) is 18.8. The third-order valence-corrected chi connectivity index (χ3v) is 8.01. The first-order chi connectivity index (χ1) is 16.7. The van der Waals surface area contributed by atoms with Crippen LogP contribution in [0, 0.1) is 0 Å². The SMILES string of the molecule is B[C@H]1CC(N)[C@@H](COP(=O)(S)OCC(O)CNC(=O)CCCCCCCCCCCCCCC)O1. The lowest BCUT2D eigenvalue weighted by atomic mass is 9.95. The Bertz CT molecular complexity index is 606. The molecule has 1 saturated heterocycles. The van der Waals surface area contributed by atoms with Gasteiger partial charge in [0, 0.05) is 25.0 Å². The van der Waals surface area contributed by atoms with Crippen molar-refractivity contribution in [2.45, 2.75) is 127 Å². The van der Waals surface area contributed by atoms with Gasteiger partial charge in [-0.05, 0) is 12.8 Å². The summed E-state index contributed by atoms with van der Waals surface area (Å²) >= 11 is 3.92. The van der Waals surface area contributed by atoms with Crippen molar-refractivity contribution in [3.63, 3.8) is 0 Å². The fourth-order valence-electron chi connectivity index (χ4n) is 4.22. The molecule has 0 bridgehead atoms. The lowest BCUT2D eigenvalue weighted by molar-refractivity contribution is -0.121. The number of carbonyl (C=O) groups excluding carboxylic acids is 1. The van der Waals surface area contributed by atoms with Gasteiger partial charge in [-0.1, -0.05) is 96.2 Å². The number of aliphatic hydroxyl groups is 1. The number of rotatable bonds is 22. The molecule has 1 aliphatic rings. The van der Waals surface area contributed by atoms with Gasteiger partial charge in [-0.3, -0.25) is 13.8 Å². The van der Waals surface area contributed by atoms with Crippen LogP contribution < -0.4 is 11.1 Å². The van der Waals surface area contributed by atoms with Gasteiger partial charge < -0.3 is 20.9 Å². The number of nitrogens with two attached hydrogens (primary N) is 1. The van der Waals surface area contributed by atoms with Gasteiger partial charge >= 0.3 is 6.80 Å². The fraction of sp³-hybridized carbons (Fsp3) is 0.958. The first-order valence-electron chi connectivity index (χ1n) is 13.7. The normalized spacial score (nSPS) is 22.7. The zero-order chi connectivity index (χ0) is 25.9. The van der Waals surface area contributed by atoms with Crippen molar-refractivity contribution < 1.29 is 28.3 Å². The number of amides is 1. The number of hydrogen-bond donors (Lipinski definition) is 4. The summed E-state index contributed by atoms with van der Waals surface area (Å²) in [5, 5.41) is 12.7. The second kappa shape index (κ2) is 20.0. The second-order valence-corrected chi connectivity index (χ2v) is 12.8. The van der Waals surface area contributed by atoms with Crippen LogP contribution in [0.15, 0.2) is 0 Å². The number of carbonyl (C=O) groups is 1. The predicted molar refractivity (Wildman–Crippen MR) is 148 cm³/mol. The monoisotopic (exact) mass is 536 g/mol. The topological polar surface area (TPSA) is 120 Å². The maximum atomic E-state index is 12.3. The van der Waals surface area contributed by atoms with Crippen LogP contribution in [0.25, 0.3) is 0 Å². The maximum Gasteiger partial charge on any atom is 0.386 e. The van der Waals surface area contributed by atoms with Crippen LogP contribution in [0.5, 0.6) is 0 Å². The highest BCUT2D eigenvalue weighted by Gasteiger charge is 2.32. The molecule has 35 heavy (non-hydrogen) atoms. The van der Waals surface area contributed by atoms with E-state index in [0.717, 1.165) is 19.3 Å². The summed E-state index contributed by atoms with van der Waals surface area (Å²) in [6.45, 7) is -1.62. The quantitative estimate of drug-likeness (QED) is 0.0712. The molecule has 0 aromatic heterocycles. The standard InChI is InChI=1S/C24H50BN2O6PS/c1-2-3-4-5-6-7-8-9-10-11-12-13-14-15-24(29)27-17-20(28)18-31-34(30,35)32-19-22-21(26)16-23(25)33-22/h20-23,28H,2-19,25-26H2,1H3,(H,27,29)(H,30,35)/t20?,21?,22-,23-,34?/m1/s1. The minimum Gasteiger partial charge on any atom is -0.389 e. The maximum absolute atomic E-state index is 12.3. The molecule has 1 amide bonds. The smallest absolute Gasteiger partial charge is 0.386 e. The van der Waals surface area contributed by atoms with E-state index in [4.69, 9.17) is 19.5 Å². The van der Waals surface area contributed by atoms with Gasteiger partial charge in [-0.25, -0.2) is 4.57 Å². The summed E-state index contributed by atoms with van der Waals surface area (Å²) in [5.74, 6) is -0.0982. The number of unbranched alkanes of at least 4 members (excludes halogenated alkanes) is 12. The molecule has 0 spiro atoms. The third-order valence-electron chi connectivity index (χ3n) is 6.36. The van der Waals surface area contributed by atoms with Crippen molar-refractivity contribution in [1.29, 1.82) is 0 Å². The highest BCUT2D eigenvalue weighted by atomic mass is 32.7. The minimum atomic E-state index is -3.65. The van der Waals surface area contributed by atoms with E-state index >= 15 is 0 Å². The molecule has 1 fully saturated rings. The average Bonchev–Trinajstić information content (AvgIpc) is 3.15. The Morgan fingerprint density at radius 3 is 2.14 bits per heavy atom. The molecule has 8 nitrogen and oxygen atoms in total. The Morgan fingerprint density at radius 1 is 1.09 bits per heavy atom. The summed E-state index contributed by atoms with van der Waals surface area (Å²) in [4.78, 5) is 12.0. The van der Waals surface area contributed by atoms with Crippen molar-refractivity contribution >= 4 is 32.8 Å². The van der Waals surface area contributed by atoms with Crippen molar-refractivity contribution in [2.75, 3.05) is 19.8 Å². The Morgan fingerprint density at radius 2 is 1.63 bits per heavy atom. The summed E-state index contributed by atoms with van der Waals surface area (Å²) in [7, 11) is 1.92. The fourth-order valence-corrected chi connectivity index (χ4v) is 5.39. The van der Waals surface area contributed by atoms with Crippen LogP contribution >= 0.6 is 19.0 Å². The van der Waals surface area contributed by atoms with E-state index in [1.165, 1.54) is 64.2 Å². The Labute approximate surface area is 219 Å². The summed E-state index contributed by atoms with van der Waals surface area (Å²) in [6, 6.07) is -0.155. The second-order valence-electron chi connectivity index (χ2n) is 9.90. The number of ether oxygens (including phenoxy) is 1. The first-order valence-corrected chi connectivity index (χ1v) is 16.4. The van der Waals surface area contributed by atoms with Gasteiger partial charge in [0.2, 0.25) is 5.91 Å². The van der Waals surface area contributed by atoms with Crippen molar-refractivity contribution in [1.82, 2.24) is 5.32 Å². The molecule has 1 rings (SSSR count). The lowest BCUT2D eigenvalue weighted by Gasteiger charge is -2.20. The molecule has 1 heterocycles. The van der Waals surface area contributed by atoms with Gasteiger partial charge in [-0.2, -0.15) is 0 Å². The molecular weight excluding hydrogens is 486 g/mol. The molecule has 206 valence electrons. The van der Waals surface area contributed by atoms with Crippen LogP contribution in [0.1, 0.15) is 103 Å². The van der Waals surface area contributed by atoms with E-state index in [-0.39, 0.29) is 43.8 Å². The van der Waals surface area contributed by atoms with Crippen molar-refractivity contribution in [3.05, 3.63) is 0 Å². The third kappa shape index (κ3) is 17.9. The number of thiol groups is 1. The molecule has 11 heteroatoms. The zero-order valence-electron chi connectivity index (χ0n) is 22.0.